The number of amides is 2. The minimum absolute atomic E-state index is 0.185. The Kier molecular flexibility index (Phi) is 9.27. The van der Waals surface area contributed by atoms with Crippen LogP contribution in [0.1, 0.15) is 48.0 Å². The van der Waals surface area contributed by atoms with Crippen LogP contribution in [0.2, 0.25) is 0 Å². The van der Waals surface area contributed by atoms with Gasteiger partial charge in [0.2, 0.25) is 0 Å². The van der Waals surface area contributed by atoms with Crippen LogP contribution < -0.4 is 20.1 Å². The fourth-order valence-electron chi connectivity index (χ4n) is 3.50. The van der Waals surface area contributed by atoms with E-state index >= 15 is 0 Å². The maximum absolute atomic E-state index is 12.4. The van der Waals surface area contributed by atoms with Crippen molar-refractivity contribution < 1.29 is 28.5 Å². The summed E-state index contributed by atoms with van der Waals surface area (Å²) in [6.07, 6.45) is 2.67. The normalized spacial score (nSPS) is 12.9. The lowest BCUT2D eigenvalue weighted by Crippen LogP contribution is -2.52. The molecule has 0 aromatic carbocycles. The lowest BCUT2D eigenvalue weighted by Gasteiger charge is -2.33. The molecule has 0 aliphatic carbocycles. The summed E-state index contributed by atoms with van der Waals surface area (Å²) in [5, 5.41) is 5.48. The summed E-state index contributed by atoms with van der Waals surface area (Å²) >= 11 is 0. The van der Waals surface area contributed by atoms with Gasteiger partial charge in [0, 0.05) is 17.8 Å². The quantitative estimate of drug-likeness (QED) is 0.504. The minimum atomic E-state index is -0.681. The summed E-state index contributed by atoms with van der Waals surface area (Å²) < 4.78 is 21.6. The van der Waals surface area contributed by atoms with Crippen molar-refractivity contribution in [3.05, 3.63) is 30.6 Å². The highest BCUT2D eigenvalue weighted by Gasteiger charge is 2.31. The molecule has 0 fully saturated rings. The van der Waals surface area contributed by atoms with Gasteiger partial charge in [0.15, 0.2) is 11.5 Å². The molecule has 1 atom stereocenters. The van der Waals surface area contributed by atoms with Crippen LogP contribution in [-0.2, 0) is 9.47 Å². The summed E-state index contributed by atoms with van der Waals surface area (Å²) in [7, 11) is 2.81. The van der Waals surface area contributed by atoms with E-state index in [1.807, 2.05) is 27.7 Å². The zero-order chi connectivity index (χ0) is 26.2. The molecule has 1 unspecified atom stereocenters. The molecule has 0 saturated heterocycles. The van der Waals surface area contributed by atoms with Crippen LogP contribution in [0.4, 0.5) is 15.4 Å². The van der Waals surface area contributed by atoms with Crippen molar-refractivity contribution in [3.8, 4) is 22.8 Å². The van der Waals surface area contributed by atoms with Gasteiger partial charge in [-0.05, 0) is 52.2 Å². The van der Waals surface area contributed by atoms with Crippen molar-refractivity contribution in [2.75, 3.05) is 26.1 Å². The van der Waals surface area contributed by atoms with Gasteiger partial charge in [-0.1, -0.05) is 13.8 Å². The number of pyridine rings is 2. The van der Waals surface area contributed by atoms with Gasteiger partial charge >= 0.3 is 12.2 Å². The molecular weight excluding hydrogens is 452 g/mol. The summed E-state index contributed by atoms with van der Waals surface area (Å²) in [6, 6.07) is 5.16. The van der Waals surface area contributed by atoms with E-state index in [4.69, 9.17) is 14.2 Å². The highest BCUT2D eigenvalue weighted by molar-refractivity contribution is 5.84. The summed E-state index contributed by atoms with van der Waals surface area (Å²) in [6.45, 7) is 11.7. The van der Waals surface area contributed by atoms with E-state index in [0.29, 0.717) is 40.9 Å². The van der Waals surface area contributed by atoms with Crippen LogP contribution in [0.3, 0.4) is 0 Å². The second-order valence-electron chi connectivity index (χ2n) is 9.84. The standard InChI is InChI=1S/C25H36N4O6/c1-16(2)13-25(6,29-23(31)35-24(3,4)5)15-34-20-14-27-18(12-19(20)32-7)17-9-10-26-21(11-17)28-22(30)33-8/h9-12,14,16H,13,15H2,1-8H3,(H,29,31)(H,26,28,30). The number of hydrogen-bond donors (Lipinski definition) is 2. The third-order valence-electron chi connectivity index (χ3n) is 4.73. The Balaban J connectivity index is 2.21. The number of nitrogens with one attached hydrogen (secondary N) is 2. The minimum Gasteiger partial charge on any atom is -0.493 e. The first-order valence-corrected chi connectivity index (χ1v) is 11.3. The molecule has 2 N–H and O–H groups in total. The van der Waals surface area contributed by atoms with Crippen LogP contribution >= 0.6 is 0 Å². The Morgan fingerprint density at radius 2 is 1.74 bits per heavy atom. The average Bonchev–Trinajstić information content (AvgIpc) is 2.75. The molecule has 10 heteroatoms. The molecular formula is C25H36N4O6. The molecule has 2 rings (SSSR count). The number of methoxy groups -OCH3 is 2. The Morgan fingerprint density at radius 3 is 2.34 bits per heavy atom. The average molecular weight is 489 g/mol. The molecule has 0 aliphatic rings. The van der Waals surface area contributed by atoms with E-state index in [9.17, 15) is 9.59 Å². The molecule has 0 aliphatic heterocycles. The predicted octanol–water partition coefficient (Wildman–Crippen LogP) is 5.04. The number of alkyl carbamates (subject to hydrolysis) is 1. The van der Waals surface area contributed by atoms with Crippen LogP contribution in [0.5, 0.6) is 11.5 Å². The van der Waals surface area contributed by atoms with E-state index in [-0.39, 0.29) is 6.61 Å². The van der Waals surface area contributed by atoms with Crippen molar-refractivity contribution >= 4 is 18.0 Å². The van der Waals surface area contributed by atoms with E-state index in [1.165, 1.54) is 14.2 Å². The molecule has 0 spiro atoms. The van der Waals surface area contributed by atoms with Gasteiger partial charge in [-0.25, -0.2) is 14.6 Å². The maximum Gasteiger partial charge on any atom is 0.412 e. The smallest absolute Gasteiger partial charge is 0.412 e. The van der Waals surface area contributed by atoms with Crippen molar-refractivity contribution in [2.24, 2.45) is 5.92 Å². The maximum atomic E-state index is 12.4. The van der Waals surface area contributed by atoms with E-state index in [0.717, 1.165) is 0 Å². The van der Waals surface area contributed by atoms with Crippen LogP contribution in [0, 0.1) is 5.92 Å². The SMILES string of the molecule is COC(=O)Nc1cc(-c2cc(OC)c(OCC(C)(CC(C)C)NC(=O)OC(C)(C)C)cn2)ccn1. The van der Waals surface area contributed by atoms with Gasteiger partial charge in [0.25, 0.3) is 0 Å². The highest BCUT2D eigenvalue weighted by atomic mass is 16.6. The summed E-state index contributed by atoms with van der Waals surface area (Å²) in [4.78, 5) is 32.5. The van der Waals surface area contributed by atoms with Crippen molar-refractivity contribution in [2.45, 2.75) is 59.1 Å². The molecule has 2 aromatic heterocycles. The molecule has 2 aromatic rings. The first kappa shape index (κ1) is 27.7. The van der Waals surface area contributed by atoms with Crippen LogP contribution in [-0.4, -0.2) is 54.1 Å². The second kappa shape index (κ2) is 11.7. The Hall–Kier alpha value is -3.56. The molecule has 2 amide bonds. The lowest BCUT2D eigenvalue weighted by atomic mass is 9.91. The Morgan fingerprint density at radius 1 is 1.03 bits per heavy atom. The highest BCUT2D eigenvalue weighted by Crippen LogP contribution is 2.32. The third-order valence-corrected chi connectivity index (χ3v) is 4.73. The summed E-state index contributed by atoms with van der Waals surface area (Å²) in [5.74, 6) is 1.53. The van der Waals surface area contributed by atoms with Gasteiger partial charge in [0.05, 0.1) is 31.6 Å². The van der Waals surface area contributed by atoms with Crippen LogP contribution in [0.25, 0.3) is 11.3 Å². The number of carbonyl (C=O) groups is 2. The van der Waals surface area contributed by atoms with Gasteiger partial charge in [0.1, 0.15) is 18.0 Å². The lowest BCUT2D eigenvalue weighted by molar-refractivity contribution is 0.0407. The first-order valence-electron chi connectivity index (χ1n) is 11.3. The monoisotopic (exact) mass is 488 g/mol. The molecule has 10 nitrogen and oxygen atoms in total. The molecule has 0 saturated carbocycles. The zero-order valence-corrected chi connectivity index (χ0v) is 21.7. The topological polar surface area (TPSA) is 121 Å². The zero-order valence-electron chi connectivity index (χ0n) is 21.7. The second-order valence-corrected chi connectivity index (χ2v) is 9.84. The number of anilines is 1. The number of aromatic nitrogens is 2. The molecule has 0 radical (unpaired) electrons. The number of ether oxygens (including phenoxy) is 4. The van der Waals surface area contributed by atoms with Gasteiger partial charge < -0.3 is 24.3 Å². The van der Waals surface area contributed by atoms with Gasteiger partial charge in [-0.2, -0.15) is 0 Å². The number of hydrogen-bond acceptors (Lipinski definition) is 8. The molecule has 0 bridgehead atoms. The predicted molar refractivity (Wildman–Crippen MR) is 133 cm³/mol. The largest absolute Gasteiger partial charge is 0.493 e. The first-order chi connectivity index (χ1) is 16.3. The number of nitrogens with zero attached hydrogens (tertiary/aromatic N) is 2. The Labute approximate surface area is 206 Å². The molecule has 2 heterocycles. The van der Waals surface area contributed by atoms with Crippen molar-refractivity contribution in [1.29, 1.82) is 0 Å². The number of rotatable bonds is 9. The van der Waals surface area contributed by atoms with Crippen molar-refractivity contribution in [1.82, 2.24) is 15.3 Å². The number of carbonyl (C=O) groups excluding carboxylic acids is 2. The van der Waals surface area contributed by atoms with E-state index < -0.39 is 23.3 Å². The van der Waals surface area contributed by atoms with Crippen LogP contribution in [0.15, 0.2) is 30.6 Å². The fraction of sp³-hybridized carbons (Fsp3) is 0.520. The third kappa shape index (κ3) is 8.95. The molecule has 192 valence electrons. The Bertz CT molecular complexity index is 1020. The molecule has 35 heavy (non-hydrogen) atoms. The van der Waals surface area contributed by atoms with E-state index in [2.05, 4.69) is 39.2 Å². The summed E-state index contributed by atoms with van der Waals surface area (Å²) in [5.41, 5.74) is 0.0276. The van der Waals surface area contributed by atoms with Gasteiger partial charge in [-0.3, -0.25) is 10.3 Å². The van der Waals surface area contributed by atoms with Crippen molar-refractivity contribution in [3.63, 3.8) is 0 Å². The fourth-order valence-corrected chi connectivity index (χ4v) is 3.50. The van der Waals surface area contributed by atoms with E-state index in [1.54, 1.807) is 30.6 Å². The van der Waals surface area contributed by atoms with Gasteiger partial charge in [-0.15, -0.1) is 0 Å².